The Morgan fingerprint density at radius 3 is 2.70 bits per heavy atom. The van der Waals surface area contributed by atoms with Crippen molar-refractivity contribution in [3.63, 3.8) is 0 Å². The molecule has 7 nitrogen and oxygen atoms in total. The number of halogens is 1. The van der Waals surface area contributed by atoms with E-state index in [0.29, 0.717) is 5.69 Å². The molecule has 1 aromatic carbocycles. The van der Waals surface area contributed by atoms with Crippen molar-refractivity contribution in [2.24, 2.45) is 0 Å². The molecule has 0 saturated carbocycles. The number of amides is 1. The first kappa shape index (κ1) is 13.4. The van der Waals surface area contributed by atoms with Gasteiger partial charge in [0.05, 0.1) is 16.8 Å². The zero-order valence-corrected chi connectivity index (χ0v) is 10.0. The number of nitro groups is 1. The fraction of sp³-hybridized carbons (Fsp3) is 0. The van der Waals surface area contributed by atoms with Gasteiger partial charge in [-0.2, -0.15) is 0 Å². The molecule has 1 heterocycles. The van der Waals surface area contributed by atoms with Crippen molar-refractivity contribution in [2.75, 3.05) is 11.1 Å². The van der Waals surface area contributed by atoms with Crippen LogP contribution in [-0.2, 0) is 0 Å². The molecular formula is C12H9FN4O3. The van der Waals surface area contributed by atoms with E-state index in [2.05, 4.69) is 10.3 Å². The van der Waals surface area contributed by atoms with Gasteiger partial charge in [-0.15, -0.1) is 0 Å². The van der Waals surface area contributed by atoms with E-state index in [9.17, 15) is 19.3 Å². The summed E-state index contributed by atoms with van der Waals surface area (Å²) in [6.07, 6.45) is 1.27. The highest BCUT2D eigenvalue weighted by molar-refractivity contribution is 6.04. The molecule has 0 aliphatic rings. The molecule has 0 unspecified atom stereocenters. The van der Waals surface area contributed by atoms with Gasteiger partial charge in [-0.3, -0.25) is 14.9 Å². The number of carbonyl (C=O) groups excluding carboxylic acids is 1. The van der Waals surface area contributed by atoms with Gasteiger partial charge >= 0.3 is 0 Å². The lowest BCUT2D eigenvalue weighted by Gasteiger charge is -2.05. The van der Waals surface area contributed by atoms with Crippen LogP contribution in [0, 0.1) is 15.9 Å². The number of anilines is 2. The highest BCUT2D eigenvalue weighted by Gasteiger charge is 2.17. The average molecular weight is 276 g/mol. The largest absolute Gasteiger partial charge is 0.397 e. The minimum absolute atomic E-state index is 0.0118. The molecular weight excluding hydrogens is 267 g/mol. The molecule has 0 spiro atoms. The summed E-state index contributed by atoms with van der Waals surface area (Å²) in [5.74, 6) is -1.39. The van der Waals surface area contributed by atoms with E-state index in [0.717, 1.165) is 18.2 Å². The SMILES string of the molecule is Nc1ccc(C(=O)Nc2cc(F)ccc2[N+](=O)[O-])nc1. The molecule has 0 saturated heterocycles. The third-order valence-corrected chi connectivity index (χ3v) is 2.42. The number of nitrogen functional groups attached to an aromatic ring is 1. The molecule has 2 aromatic rings. The predicted octanol–water partition coefficient (Wildman–Crippen LogP) is 1.96. The summed E-state index contributed by atoms with van der Waals surface area (Å²) in [5, 5.41) is 13.0. The Labute approximate surface area is 112 Å². The molecule has 1 amide bonds. The third-order valence-electron chi connectivity index (χ3n) is 2.42. The number of nitro benzene ring substituents is 1. The fourth-order valence-electron chi connectivity index (χ4n) is 1.49. The van der Waals surface area contributed by atoms with E-state index in [1.165, 1.54) is 18.3 Å². The minimum atomic E-state index is -0.717. The second kappa shape index (κ2) is 5.31. The van der Waals surface area contributed by atoms with Crippen LogP contribution in [0.2, 0.25) is 0 Å². The maximum absolute atomic E-state index is 13.1. The number of nitrogens with two attached hydrogens (primary N) is 1. The summed E-state index contributed by atoms with van der Waals surface area (Å²) >= 11 is 0. The molecule has 0 bridgehead atoms. The van der Waals surface area contributed by atoms with Crippen LogP contribution < -0.4 is 11.1 Å². The van der Waals surface area contributed by atoms with E-state index in [1.807, 2.05) is 0 Å². The van der Waals surface area contributed by atoms with E-state index in [1.54, 1.807) is 0 Å². The van der Waals surface area contributed by atoms with Crippen molar-refractivity contribution < 1.29 is 14.1 Å². The van der Waals surface area contributed by atoms with Crippen LogP contribution in [0.1, 0.15) is 10.5 Å². The smallest absolute Gasteiger partial charge is 0.292 e. The molecule has 3 N–H and O–H groups in total. The van der Waals surface area contributed by atoms with Crippen LogP contribution in [-0.4, -0.2) is 15.8 Å². The van der Waals surface area contributed by atoms with Crippen molar-refractivity contribution in [3.8, 4) is 0 Å². The molecule has 102 valence electrons. The highest BCUT2D eigenvalue weighted by atomic mass is 19.1. The molecule has 2 rings (SSSR count). The van der Waals surface area contributed by atoms with Gasteiger partial charge in [-0.05, 0) is 18.2 Å². The van der Waals surface area contributed by atoms with Crippen LogP contribution in [0.5, 0.6) is 0 Å². The first-order chi connectivity index (χ1) is 9.47. The topological polar surface area (TPSA) is 111 Å². The monoisotopic (exact) mass is 276 g/mol. The molecule has 0 fully saturated rings. The standard InChI is InChI=1S/C12H9FN4O3/c13-7-1-4-11(17(19)20)10(5-7)16-12(18)9-3-2-8(14)6-15-9/h1-6H,14H2,(H,16,18). The Balaban J connectivity index is 2.29. The summed E-state index contributed by atoms with van der Waals surface area (Å²) in [5.41, 5.74) is 5.17. The van der Waals surface area contributed by atoms with Gasteiger partial charge in [0.25, 0.3) is 11.6 Å². The van der Waals surface area contributed by atoms with Crippen LogP contribution >= 0.6 is 0 Å². The van der Waals surface area contributed by atoms with Crippen molar-refractivity contribution in [1.82, 2.24) is 4.98 Å². The van der Waals surface area contributed by atoms with Crippen molar-refractivity contribution in [3.05, 3.63) is 58.2 Å². The lowest BCUT2D eigenvalue weighted by atomic mass is 10.2. The van der Waals surface area contributed by atoms with Gasteiger partial charge in [0.2, 0.25) is 0 Å². The molecule has 0 aliphatic heterocycles. The summed E-state index contributed by atoms with van der Waals surface area (Å²) in [6, 6.07) is 5.60. The van der Waals surface area contributed by atoms with Crippen molar-refractivity contribution in [2.45, 2.75) is 0 Å². The van der Waals surface area contributed by atoms with Gasteiger partial charge in [0.1, 0.15) is 17.2 Å². The maximum Gasteiger partial charge on any atom is 0.292 e. The maximum atomic E-state index is 13.1. The Bertz CT molecular complexity index is 673. The van der Waals surface area contributed by atoms with Gasteiger partial charge in [0, 0.05) is 12.1 Å². The van der Waals surface area contributed by atoms with Gasteiger partial charge in [-0.1, -0.05) is 0 Å². The summed E-state index contributed by atoms with van der Waals surface area (Å²) < 4.78 is 13.1. The Morgan fingerprint density at radius 1 is 1.35 bits per heavy atom. The van der Waals surface area contributed by atoms with Crippen LogP contribution in [0.4, 0.5) is 21.5 Å². The van der Waals surface area contributed by atoms with Crippen LogP contribution in [0.3, 0.4) is 0 Å². The summed E-state index contributed by atoms with van der Waals surface area (Å²) in [6.45, 7) is 0. The normalized spacial score (nSPS) is 10.1. The first-order valence-electron chi connectivity index (χ1n) is 5.44. The second-order valence-electron chi connectivity index (χ2n) is 3.85. The van der Waals surface area contributed by atoms with Crippen molar-refractivity contribution in [1.29, 1.82) is 0 Å². The fourth-order valence-corrected chi connectivity index (χ4v) is 1.49. The lowest BCUT2D eigenvalue weighted by molar-refractivity contribution is -0.384. The molecule has 20 heavy (non-hydrogen) atoms. The average Bonchev–Trinajstić information content (AvgIpc) is 2.39. The number of rotatable bonds is 3. The second-order valence-corrected chi connectivity index (χ2v) is 3.85. The number of pyridine rings is 1. The first-order valence-corrected chi connectivity index (χ1v) is 5.44. The Kier molecular flexibility index (Phi) is 3.56. The molecule has 1 aromatic heterocycles. The number of benzene rings is 1. The number of nitrogens with zero attached hydrogens (tertiary/aromatic N) is 2. The summed E-state index contributed by atoms with van der Waals surface area (Å²) in [7, 11) is 0. The number of aromatic nitrogens is 1. The zero-order valence-electron chi connectivity index (χ0n) is 10.0. The van der Waals surface area contributed by atoms with E-state index < -0.39 is 22.3 Å². The molecule has 0 aliphatic carbocycles. The van der Waals surface area contributed by atoms with Crippen LogP contribution in [0.15, 0.2) is 36.5 Å². The minimum Gasteiger partial charge on any atom is -0.397 e. The van der Waals surface area contributed by atoms with Gasteiger partial charge < -0.3 is 11.1 Å². The third kappa shape index (κ3) is 2.86. The number of hydrogen-bond donors (Lipinski definition) is 2. The number of nitrogens with one attached hydrogen (secondary N) is 1. The zero-order chi connectivity index (χ0) is 14.7. The number of hydrogen-bond acceptors (Lipinski definition) is 5. The summed E-state index contributed by atoms with van der Waals surface area (Å²) in [4.78, 5) is 25.7. The lowest BCUT2D eigenvalue weighted by Crippen LogP contribution is -2.15. The van der Waals surface area contributed by atoms with Crippen molar-refractivity contribution >= 4 is 23.0 Å². The van der Waals surface area contributed by atoms with E-state index in [-0.39, 0.29) is 11.4 Å². The quantitative estimate of drug-likeness (QED) is 0.657. The molecule has 0 atom stereocenters. The van der Waals surface area contributed by atoms with Gasteiger partial charge in [0.15, 0.2) is 0 Å². The highest BCUT2D eigenvalue weighted by Crippen LogP contribution is 2.25. The molecule has 8 heteroatoms. The molecule has 0 radical (unpaired) electrons. The van der Waals surface area contributed by atoms with E-state index in [4.69, 9.17) is 5.73 Å². The van der Waals surface area contributed by atoms with Crippen LogP contribution in [0.25, 0.3) is 0 Å². The van der Waals surface area contributed by atoms with E-state index >= 15 is 0 Å². The Hall–Kier alpha value is -3.03. The Morgan fingerprint density at radius 2 is 2.10 bits per heavy atom. The predicted molar refractivity (Wildman–Crippen MR) is 69.7 cm³/mol. The number of carbonyl (C=O) groups is 1. The van der Waals surface area contributed by atoms with Gasteiger partial charge in [-0.25, -0.2) is 9.37 Å².